The van der Waals surface area contributed by atoms with Crippen molar-refractivity contribution in [3.63, 3.8) is 0 Å². The molecule has 4 heteroatoms. The van der Waals surface area contributed by atoms with Crippen LogP contribution in [0, 0.1) is 6.92 Å². The van der Waals surface area contributed by atoms with Crippen molar-refractivity contribution in [2.45, 2.75) is 65.3 Å². The number of unbranched alkanes of at least 4 members (excludes halogenated alkanes) is 4. The summed E-state index contributed by atoms with van der Waals surface area (Å²) in [4.78, 5) is 4.08. The second kappa shape index (κ2) is 8.65. The molecule has 1 aromatic heterocycles. The van der Waals surface area contributed by atoms with Gasteiger partial charge in [-0.1, -0.05) is 62.2 Å². The number of nitrogens with one attached hydrogen (secondary N) is 1. The lowest BCUT2D eigenvalue weighted by Gasteiger charge is -2.18. The van der Waals surface area contributed by atoms with Crippen molar-refractivity contribution in [1.29, 1.82) is 0 Å². The van der Waals surface area contributed by atoms with Gasteiger partial charge >= 0.3 is 0 Å². The van der Waals surface area contributed by atoms with E-state index in [0.717, 1.165) is 17.7 Å². The Morgan fingerprint density at radius 2 is 1.89 bits per heavy atom. The second-order valence-electron chi connectivity index (χ2n) is 5.18. The molecule has 1 N–H and O–H groups in total. The molecule has 1 rings (SSSR count). The first kappa shape index (κ1) is 16.6. The lowest BCUT2D eigenvalue weighted by Crippen LogP contribution is -2.16. The highest BCUT2D eigenvalue weighted by molar-refractivity contribution is 6.34. The van der Waals surface area contributed by atoms with Gasteiger partial charge in [-0.05, 0) is 31.9 Å². The van der Waals surface area contributed by atoms with Gasteiger partial charge in [-0.25, -0.2) is 4.98 Å². The fourth-order valence-corrected chi connectivity index (χ4v) is 2.73. The summed E-state index contributed by atoms with van der Waals surface area (Å²) >= 11 is 12.0. The molecule has 0 aliphatic heterocycles. The van der Waals surface area contributed by atoms with Crippen molar-refractivity contribution in [3.05, 3.63) is 21.9 Å². The molecule has 0 amide bonds. The third-order valence-corrected chi connectivity index (χ3v) is 3.74. The minimum Gasteiger partial charge on any atom is -0.380 e. The number of rotatable bonds is 8. The fourth-order valence-electron chi connectivity index (χ4n) is 2.14. The Morgan fingerprint density at radius 1 is 1.21 bits per heavy atom. The minimum atomic E-state index is 0.404. The Balaban J connectivity index is 2.42. The van der Waals surface area contributed by atoms with Crippen molar-refractivity contribution in [2.75, 3.05) is 5.32 Å². The zero-order valence-electron chi connectivity index (χ0n) is 12.1. The molecule has 108 valence electrons. The van der Waals surface area contributed by atoms with Crippen LogP contribution in [0.1, 0.15) is 57.9 Å². The van der Waals surface area contributed by atoms with Crippen LogP contribution in [-0.4, -0.2) is 11.0 Å². The van der Waals surface area contributed by atoms with E-state index >= 15 is 0 Å². The molecule has 0 aliphatic rings. The summed E-state index contributed by atoms with van der Waals surface area (Å²) in [5.41, 5.74) is 1.95. The van der Waals surface area contributed by atoms with Crippen molar-refractivity contribution in [2.24, 2.45) is 0 Å². The molecule has 0 saturated carbocycles. The van der Waals surface area contributed by atoms with E-state index in [1.807, 2.05) is 13.0 Å². The van der Waals surface area contributed by atoms with Crippen LogP contribution in [0.3, 0.4) is 0 Å². The third kappa shape index (κ3) is 6.01. The maximum Gasteiger partial charge on any atom is 0.154 e. The van der Waals surface area contributed by atoms with E-state index in [2.05, 4.69) is 24.1 Å². The van der Waals surface area contributed by atoms with Crippen molar-refractivity contribution in [1.82, 2.24) is 4.98 Å². The van der Waals surface area contributed by atoms with Gasteiger partial charge in [-0.15, -0.1) is 0 Å². The molecule has 0 saturated heterocycles. The Morgan fingerprint density at radius 3 is 2.53 bits per heavy atom. The molecule has 0 aromatic carbocycles. The molecule has 1 aromatic rings. The average molecular weight is 303 g/mol. The largest absolute Gasteiger partial charge is 0.380 e. The van der Waals surface area contributed by atoms with Gasteiger partial charge in [0.2, 0.25) is 0 Å². The number of hydrogen-bond donors (Lipinski definition) is 1. The summed E-state index contributed by atoms with van der Waals surface area (Å²) in [5, 5.41) is 4.35. The summed E-state index contributed by atoms with van der Waals surface area (Å²) in [5.74, 6) is 0. The Bertz CT molecular complexity index is 371. The lowest BCUT2D eigenvalue weighted by molar-refractivity contribution is 0.578. The number of hydrogen-bond acceptors (Lipinski definition) is 2. The smallest absolute Gasteiger partial charge is 0.154 e. The number of nitrogens with zero attached hydrogens (tertiary/aromatic N) is 1. The van der Waals surface area contributed by atoms with E-state index in [1.54, 1.807) is 0 Å². The van der Waals surface area contributed by atoms with Crippen LogP contribution >= 0.6 is 23.2 Å². The molecule has 0 fully saturated rings. The van der Waals surface area contributed by atoms with E-state index in [0.29, 0.717) is 16.3 Å². The van der Waals surface area contributed by atoms with E-state index < -0.39 is 0 Å². The van der Waals surface area contributed by atoms with Gasteiger partial charge in [-0.3, -0.25) is 0 Å². The molecule has 2 nitrogen and oxygen atoms in total. The highest BCUT2D eigenvalue weighted by Gasteiger charge is 2.10. The van der Waals surface area contributed by atoms with Gasteiger partial charge in [0.15, 0.2) is 5.15 Å². The summed E-state index contributed by atoms with van der Waals surface area (Å²) in [6, 6.07) is 2.24. The van der Waals surface area contributed by atoms with Gasteiger partial charge in [0.25, 0.3) is 0 Å². The molecule has 0 bridgehead atoms. The highest BCUT2D eigenvalue weighted by atomic mass is 35.5. The zero-order valence-corrected chi connectivity index (χ0v) is 13.6. The summed E-state index contributed by atoms with van der Waals surface area (Å²) in [6.45, 7) is 6.42. The summed E-state index contributed by atoms with van der Waals surface area (Å²) < 4.78 is 0. The van der Waals surface area contributed by atoms with Crippen LogP contribution in [0.5, 0.6) is 0 Å². The van der Waals surface area contributed by atoms with Gasteiger partial charge in [-0.2, -0.15) is 0 Å². The molecule has 0 aliphatic carbocycles. The number of aryl methyl sites for hydroxylation is 1. The van der Waals surface area contributed by atoms with Crippen LogP contribution in [-0.2, 0) is 0 Å². The second-order valence-corrected chi connectivity index (χ2v) is 5.92. The van der Waals surface area contributed by atoms with Crippen LogP contribution in [0.4, 0.5) is 5.69 Å². The lowest BCUT2D eigenvalue weighted by atomic mass is 10.1. The average Bonchev–Trinajstić information content (AvgIpc) is 2.33. The minimum absolute atomic E-state index is 0.404. The van der Waals surface area contributed by atoms with Gasteiger partial charge in [0, 0.05) is 6.04 Å². The molecule has 0 spiro atoms. The van der Waals surface area contributed by atoms with E-state index in [1.165, 1.54) is 32.1 Å². The summed E-state index contributed by atoms with van der Waals surface area (Å²) in [6.07, 6.45) is 7.69. The molecule has 0 radical (unpaired) electrons. The van der Waals surface area contributed by atoms with Gasteiger partial charge in [0.1, 0.15) is 5.15 Å². The Hall–Kier alpha value is -0.470. The third-order valence-electron chi connectivity index (χ3n) is 3.27. The number of anilines is 1. The highest BCUT2D eigenvalue weighted by Crippen LogP contribution is 2.27. The Labute approximate surface area is 126 Å². The number of aromatic nitrogens is 1. The van der Waals surface area contributed by atoms with Crippen molar-refractivity contribution in [3.8, 4) is 0 Å². The zero-order chi connectivity index (χ0) is 14.3. The summed E-state index contributed by atoms with van der Waals surface area (Å²) in [7, 11) is 0. The molecular formula is C15H24Cl2N2. The van der Waals surface area contributed by atoms with E-state index in [-0.39, 0.29) is 0 Å². The SMILES string of the molecule is CCCCCCCC(C)Nc1c(C)cc(Cl)nc1Cl. The fraction of sp³-hybridized carbons (Fsp3) is 0.667. The molecule has 1 unspecified atom stereocenters. The van der Waals surface area contributed by atoms with E-state index in [4.69, 9.17) is 23.2 Å². The van der Waals surface area contributed by atoms with E-state index in [9.17, 15) is 0 Å². The maximum atomic E-state index is 6.12. The van der Waals surface area contributed by atoms with Gasteiger partial charge < -0.3 is 5.32 Å². The predicted octanol–water partition coefficient (Wildman–Crippen LogP) is 5.86. The first-order valence-electron chi connectivity index (χ1n) is 7.13. The van der Waals surface area contributed by atoms with Crippen LogP contribution in [0.2, 0.25) is 10.3 Å². The van der Waals surface area contributed by atoms with Gasteiger partial charge in [0.05, 0.1) is 5.69 Å². The van der Waals surface area contributed by atoms with Crippen molar-refractivity contribution >= 4 is 28.9 Å². The molecule has 19 heavy (non-hydrogen) atoms. The van der Waals surface area contributed by atoms with Crippen LogP contribution < -0.4 is 5.32 Å². The molecule has 1 heterocycles. The number of halogens is 2. The predicted molar refractivity (Wildman–Crippen MR) is 85.5 cm³/mol. The molecular weight excluding hydrogens is 279 g/mol. The first-order valence-corrected chi connectivity index (χ1v) is 7.89. The maximum absolute atomic E-state index is 6.12. The first-order chi connectivity index (χ1) is 9.04. The standard InChI is InChI=1S/C15H24Cl2N2/c1-4-5-6-7-8-9-12(3)18-14-11(2)10-13(16)19-15(14)17/h10,12,18H,4-9H2,1-3H3. The Kier molecular flexibility index (Phi) is 7.55. The van der Waals surface area contributed by atoms with Crippen molar-refractivity contribution < 1.29 is 0 Å². The topological polar surface area (TPSA) is 24.9 Å². The quantitative estimate of drug-likeness (QED) is 0.481. The monoisotopic (exact) mass is 302 g/mol. The number of pyridine rings is 1. The van der Waals surface area contributed by atoms with Crippen LogP contribution in [0.25, 0.3) is 0 Å². The van der Waals surface area contributed by atoms with Crippen LogP contribution in [0.15, 0.2) is 6.07 Å². The normalized spacial score (nSPS) is 12.5. The molecule has 1 atom stereocenters.